The van der Waals surface area contributed by atoms with Gasteiger partial charge in [0.1, 0.15) is 5.82 Å². The van der Waals surface area contributed by atoms with Gasteiger partial charge < -0.3 is 5.11 Å². The topological polar surface area (TPSA) is 63.1 Å². The van der Waals surface area contributed by atoms with Crippen LogP contribution in [0.3, 0.4) is 0 Å². The number of rotatable bonds is 3. The normalized spacial score (nSPS) is 12.9. The van der Waals surface area contributed by atoms with Crippen LogP contribution in [-0.2, 0) is 4.79 Å². The van der Waals surface area contributed by atoms with Crippen molar-refractivity contribution in [1.82, 2.24) is 9.97 Å². The van der Waals surface area contributed by atoms with Crippen LogP contribution in [0.2, 0.25) is 0 Å². The van der Waals surface area contributed by atoms with E-state index in [9.17, 15) is 4.79 Å². The monoisotopic (exact) mass is 194 g/mol. The second kappa shape index (κ2) is 4.17. The second-order valence-electron chi connectivity index (χ2n) is 3.55. The summed E-state index contributed by atoms with van der Waals surface area (Å²) >= 11 is 0. The molecule has 76 valence electrons. The van der Waals surface area contributed by atoms with Gasteiger partial charge in [0.2, 0.25) is 0 Å². The van der Waals surface area contributed by atoms with E-state index in [1.807, 2.05) is 13.8 Å². The minimum atomic E-state index is -0.863. The number of nitrogens with zero attached hydrogens (tertiary/aromatic N) is 2. The van der Waals surface area contributed by atoms with E-state index in [1.165, 1.54) is 0 Å². The van der Waals surface area contributed by atoms with E-state index in [2.05, 4.69) is 9.97 Å². The van der Waals surface area contributed by atoms with Gasteiger partial charge in [0.05, 0.1) is 11.6 Å². The van der Waals surface area contributed by atoms with Crippen LogP contribution in [0.4, 0.5) is 0 Å². The molecule has 1 unspecified atom stereocenters. The lowest BCUT2D eigenvalue weighted by Crippen LogP contribution is -2.11. The zero-order valence-electron chi connectivity index (χ0n) is 8.56. The molecule has 0 saturated carbocycles. The van der Waals surface area contributed by atoms with Crippen molar-refractivity contribution in [2.45, 2.75) is 32.6 Å². The third kappa shape index (κ3) is 2.28. The molecule has 0 aliphatic heterocycles. The van der Waals surface area contributed by atoms with Crippen molar-refractivity contribution in [2.75, 3.05) is 0 Å². The first-order valence-corrected chi connectivity index (χ1v) is 4.58. The van der Waals surface area contributed by atoms with Crippen LogP contribution in [0.25, 0.3) is 0 Å². The zero-order valence-corrected chi connectivity index (χ0v) is 8.56. The van der Waals surface area contributed by atoms with Crippen molar-refractivity contribution in [3.8, 4) is 0 Å². The Morgan fingerprint density at radius 2 is 2.07 bits per heavy atom. The summed E-state index contributed by atoms with van der Waals surface area (Å²) in [6.07, 6.45) is 1.61. The smallest absolute Gasteiger partial charge is 0.312 e. The van der Waals surface area contributed by atoms with Gasteiger partial charge in [-0.15, -0.1) is 0 Å². The molecule has 0 amide bonds. The van der Waals surface area contributed by atoms with Crippen molar-refractivity contribution in [1.29, 1.82) is 0 Å². The third-order valence-corrected chi connectivity index (χ3v) is 2.03. The van der Waals surface area contributed by atoms with Gasteiger partial charge >= 0.3 is 5.97 Å². The predicted molar refractivity (Wildman–Crippen MR) is 52.2 cm³/mol. The average Bonchev–Trinajstić information content (AvgIpc) is 2.16. The predicted octanol–water partition coefficient (Wildman–Crippen LogP) is 1.79. The van der Waals surface area contributed by atoms with Crippen molar-refractivity contribution in [3.05, 3.63) is 23.8 Å². The first-order chi connectivity index (χ1) is 6.52. The number of aliphatic carboxylic acids is 1. The third-order valence-electron chi connectivity index (χ3n) is 2.03. The maximum absolute atomic E-state index is 10.7. The standard InChI is InChI=1S/C10H14N2O2/c1-6(2)9-11-5-4-8(12-9)7(3)10(13)14/h4-7H,1-3H3,(H,13,14). The number of carboxylic acids is 1. The summed E-state index contributed by atoms with van der Waals surface area (Å²) in [6.45, 7) is 5.57. The van der Waals surface area contributed by atoms with E-state index in [-0.39, 0.29) is 5.92 Å². The van der Waals surface area contributed by atoms with Crippen LogP contribution >= 0.6 is 0 Å². The Bertz CT molecular complexity index is 337. The van der Waals surface area contributed by atoms with Crippen LogP contribution in [0.1, 0.15) is 44.1 Å². The number of carboxylic acid groups (broad SMARTS) is 1. The van der Waals surface area contributed by atoms with E-state index < -0.39 is 11.9 Å². The molecule has 1 N–H and O–H groups in total. The summed E-state index contributed by atoms with van der Waals surface area (Å²) in [5.74, 6) is -0.527. The Hall–Kier alpha value is -1.45. The molecule has 1 rings (SSSR count). The molecule has 1 aromatic rings. The lowest BCUT2D eigenvalue weighted by Gasteiger charge is -2.08. The number of aromatic nitrogens is 2. The summed E-state index contributed by atoms with van der Waals surface area (Å²) in [5.41, 5.74) is 0.566. The molecule has 1 atom stereocenters. The molecule has 0 aromatic carbocycles. The molecule has 4 heteroatoms. The highest BCUT2D eigenvalue weighted by molar-refractivity contribution is 5.74. The molecule has 0 radical (unpaired) electrons. The fourth-order valence-corrected chi connectivity index (χ4v) is 1.03. The summed E-state index contributed by atoms with van der Waals surface area (Å²) in [4.78, 5) is 19.0. The highest BCUT2D eigenvalue weighted by Crippen LogP contribution is 2.15. The Morgan fingerprint density at radius 3 is 2.57 bits per heavy atom. The lowest BCUT2D eigenvalue weighted by atomic mass is 10.1. The minimum Gasteiger partial charge on any atom is -0.481 e. The van der Waals surface area contributed by atoms with E-state index in [4.69, 9.17) is 5.11 Å². The molecule has 0 fully saturated rings. The van der Waals surface area contributed by atoms with Gasteiger partial charge in [-0.3, -0.25) is 4.79 Å². The van der Waals surface area contributed by atoms with Gasteiger partial charge in [-0.25, -0.2) is 9.97 Å². The van der Waals surface area contributed by atoms with Gasteiger partial charge in [0.25, 0.3) is 0 Å². The first-order valence-electron chi connectivity index (χ1n) is 4.58. The van der Waals surface area contributed by atoms with Gasteiger partial charge in [-0.1, -0.05) is 13.8 Å². The summed E-state index contributed by atoms with van der Waals surface area (Å²) in [6, 6.07) is 1.64. The van der Waals surface area contributed by atoms with Crippen LogP contribution in [0, 0.1) is 0 Å². The summed E-state index contributed by atoms with van der Waals surface area (Å²) in [7, 11) is 0. The van der Waals surface area contributed by atoms with Gasteiger partial charge in [-0.05, 0) is 13.0 Å². The molecule has 1 aromatic heterocycles. The van der Waals surface area contributed by atoms with Gasteiger partial charge in [0, 0.05) is 12.1 Å². The largest absolute Gasteiger partial charge is 0.481 e. The number of hydrogen-bond acceptors (Lipinski definition) is 3. The quantitative estimate of drug-likeness (QED) is 0.796. The van der Waals surface area contributed by atoms with Crippen LogP contribution in [0.5, 0.6) is 0 Å². The Labute approximate surface area is 83.0 Å². The van der Waals surface area contributed by atoms with E-state index in [0.29, 0.717) is 11.5 Å². The molecule has 4 nitrogen and oxygen atoms in total. The molecule has 0 aliphatic carbocycles. The van der Waals surface area contributed by atoms with Crippen molar-refractivity contribution in [2.24, 2.45) is 0 Å². The first kappa shape index (κ1) is 10.6. The highest BCUT2D eigenvalue weighted by atomic mass is 16.4. The van der Waals surface area contributed by atoms with Crippen molar-refractivity contribution in [3.63, 3.8) is 0 Å². The number of carbonyl (C=O) groups is 1. The Balaban J connectivity index is 2.99. The Kier molecular flexibility index (Phi) is 3.17. The van der Waals surface area contributed by atoms with Crippen LogP contribution in [0.15, 0.2) is 12.3 Å². The molecule has 0 bridgehead atoms. The summed E-state index contributed by atoms with van der Waals surface area (Å²) in [5, 5.41) is 8.80. The molecule has 1 heterocycles. The highest BCUT2D eigenvalue weighted by Gasteiger charge is 2.16. The maximum Gasteiger partial charge on any atom is 0.312 e. The maximum atomic E-state index is 10.7. The molecule has 0 aliphatic rings. The van der Waals surface area contributed by atoms with Crippen LogP contribution < -0.4 is 0 Å². The van der Waals surface area contributed by atoms with E-state index >= 15 is 0 Å². The summed E-state index contributed by atoms with van der Waals surface area (Å²) < 4.78 is 0. The molecule has 0 spiro atoms. The Morgan fingerprint density at radius 1 is 1.43 bits per heavy atom. The van der Waals surface area contributed by atoms with E-state index in [0.717, 1.165) is 0 Å². The molecular formula is C10H14N2O2. The fourth-order valence-electron chi connectivity index (χ4n) is 1.03. The van der Waals surface area contributed by atoms with Gasteiger partial charge in [-0.2, -0.15) is 0 Å². The van der Waals surface area contributed by atoms with Crippen molar-refractivity contribution < 1.29 is 9.90 Å². The lowest BCUT2D eigenvalue weighted by molar-refractivity contribution is -0.138. The number of hydrogen-bond donors (Lipinski definition) is 1. The second-order valence-corrected chi connectivity index (χ2v) is 3.55. The molecular weight excluding hydrogens is 180 g/mol. The van der Waals surface area contributed by atoms with E-state index in [1.54, 1.807) is 19.2 Å². The van der Waals surface area contributed by atoms with Crippen molar-refractivity contribution >= 4 is 5.97 Å². The fraction of sp³-hybridized carbons (Fsp3) is 0.500. The molecule has 0 saturated heterocycles. The van der Waals surface area contributed by atoms with Crippen LogP contribution in [-0.4, -0.2) is 21.0 Å². The zero-order chi connectivity index (χ0) is 10.7. The molecule has 14 heavy (non-hydrogen) atoms. The minimum absolute atomic E-state index is 0.218. The SMILES string of the molecule is CC(C)c1nccc(C(C)C(=O)O)n1. The van der Waals surface area contributed by atoms with Gasteiger partial charge in [0.15, 0.2) is 0 Å². The average molecular weight is 194 g/mol.